The second kappa shape index (κ2) is 8.80. The fourth-order valence-corrected chi connectivity index (χ4v) is 4.40. The number of sulfonamides is 1. The van der Waals surface area contributed by atoms with Crippen molar-refractivity contribution in [3.8, 4) is 5.75 Å². The highest BCUT2D eigenvalue weighted by molar-refractivity contribution is 7.94. The SMILES string of the molecule is N=C(C(=O)NO)C(=C(N)C(F)(F)F)S(=O)(=O)N1CCC(Oc2ccccc2)CC1.[HH]. The van der Waals surface area contributed by atoms with E-state index in [1.807, 2.05) is 0 Å². The van der Waals surface area contributed by atoms with E-state index in [9.17, 15) is 26.4 Å². The Hall–Kier alpha value is -2.64. The van der Waals surface area contributed by atoms with E-state index in [4.69, 9.17) is 21.1 Å². The molecule has 1 amide bonds. The third-order valence-electron chi connectivity index (χ3n) is 4.15. The van der Waals surface area contributed by atoms with E-state index in [-0.39, 0.29) is 33.5 Å². The van der Waals surface area contributed by atoms with Crippen molar-refractivity contribution >= 4 is 21.6 Å². The molecule has 162 valence electrons. The minimum Gasteiger partial charge on any atom is -0.490 e. The number of amides is 1. The number of hydroxylamine groups is 1. The topological polar surface area (TPSA) is 146 Å². The second-order valence-electron chi connectivity index (χ2n) is 6.09. The van der Waals surface area contributed by atoms with Crippen LogP contribution in [-0.2, 0) is 14.8 Å². The standard InChI is InChI=1S/C16H19F3N4O5S.H2/c17-16(18,19)14(21)13(12(20)15(24)22-25)29(26,27)23-8-6-11(7-9-23)28-10-4-2-1-3-5-10;/h1-5,11,20,25H,6-9,21H2,(H,22,24);1H. The molecule has 1 aliphatic rings. The molecule has 1 aromatic rings. The smallest absolute Gasteiger partial charge is 0.432 e. The molecule has 1 heterocycles. The number of piperidine rings is 1. The maximum absolute atomic E-state index is 13.1. The van der Waals surface area contributed by atoms with Gasteiger partial charge in [-0.25, -0.2) is 13.9 Å². The van der Waals surface area contributed by atoms with Crippen LogP contribution in [0.25, 0.3) is 0 Å². The number of nitrogens with two attached hydrogens (primary N) is 1. The Labute approximate surface area is 165 Å². The summed E-state index contributed by atoms with van der Waals surface area (Å²) >= 11 is 0. The maximum Gasteiger partial charge on any atom is 0.432 e. The molecule has 0 atom stereocenters. The zero-order valence-corrected chi connectivity index (χ0v) is 15.8. The highest BCUT2D eigenvalue weighted by Gasteiger charge is 2.44. The first kappa shape index (κ1) is 22.6. The fourth-order valence-electron chi connectivity index (χ4n) is 2.70. The molecule has 0 aliphatic carbocycles. The summed E-state index contributed by atoms with van der Waals surface area (Å²) in [5.41, 5.74) is 2.13. The van der Waals surface area contributed by atoms with Gasteiger partial charge in [0.25, 0.3) is 5.91 Å². The van der Waals surface area contributed by atoms with Crippen molar-refractivity contribution in [2.45, 2.75) is 25.1 Å². The lowest BCUT2D eigenvalue weighted by atomic mass is 10.1. The number of benzene rings is 1. The van der Waals surface area contributed by atoms with Crippen LogP contribution in [-0.4, -0.2) is 54.9 Å². The highest BCUT2D eigenvalue weighted by Crippen LogP contribution is 2.30. The van der Waals surface area contributed by atoms with Gasteiger partial charge >= 0.3 is 6.18 Å². The van der Waals surface area contributed by atoms with Gasteiger partial charge in [-0.2, -0.15) is 17.5 Å². The van der Waals surface area contributed by atoms with Gasteiger partial charge in [-0.15, -0.1) is 0 Å². The van der Waals surface area contributed by atoms with Crippen LogP contribution in [0.3, 0.4) is 0 Å². The Balaban J connectivity index is 0.00000450. The molecule has 1 aromatic carbocycles. The molecule has 0 radical (unpaired) electrons. The van der Waals surface area contributed by atoms with E-state index < -0.39 is 38.4 Å². The second-order valence-corrected chi connectivity index (χ2v) is 7.97. The van der Waals surface area contributed by atoms with Crippen molar-refractivity contribution in [3.63, 3.8) is 0 Å². The van der Waals surface area contributed by atoms with E-state index >= 15 is 0 Å². The number of para-hydroxylation sites is 1. The molecule has 5 N–H and O–H groups in total. The summed E-state index contributed by atoms with van der Waals surface area (Å²) in [6.07, 6.45) is -5.32. The van der Waals surface area contributed by atoms with E-state index in [0.717, 1.165) is 5.48 Å². The molecule has 1 aliphatic heterocycles. The number of halogens is 3. The first-order valence-electron chi connectivity index (χ1n) is 8.30. The van der Waals surface area contributed by atoms with E-state index in [2.05, 4.69) is 0 Å². The van der Waals surface area contributed by atoms with Crippen LogP contribution in [0.1, 0.15) is 14.3 Å². The minimum absolute atomic E-state index is 0. The van der Waals surface area contributed by atoms with Gasteiger partial charge in [0.1, 0.15) is 28.2 Å². The summed E-state index contributed by atoms with van der Waals surface area (Å²) in [4.78, 5) is 9.71. The molecule has 9 nitrogen and oxygen atoms in total. The van der Waals surface area contributed by atoms with Crippen LogP contribution in [0.4, 0.5) is 13.2 Å². The first-order valence-corrected chi connectivity index (χ1v) is 9.74. The third-order valence-corrected chi connectivity index (χ3v) is 6.14. The van der Waals surface area contributed by atoms with Gasteiger partial charge < -0.3 is 10.5 Å². The average Bonchev–Trinajstić information content (AvgIpc) is 2.67. The van der Waals surface area contributed by atoms with Gasteiger partial charge in [-0.3, -0.25) is 15.4 Å². The lowest BCUT2D eigenvalue weighted by molar-refractivity contribution is -0.122. The van der Waals surface area contributed by atoms with Crippen LogP contribution in [0.15, 0.2) is 40.9 Å². The molecular weight excluding hydrogens is 417 g/mol. The number of alkyl halides is 3. The van der Waals surface area contributed by atoms with E-state index in [1.165, 1.54) is 0 Å². The summed E-state index contributed by atoms with van der Waals surface area (Å²) in [6, 6.07) is 8.72. The number of hydrogen-bond donors (Lipinski definition) is 4. The van der Waals surface area contributed by atoms with Crippen molar-refractivity contribution in [2.24, 2.45) is 5.73 Å². The molecule has 0 spiro atoms. The van der Waals surface area contributed by atoms with E-state index in [0.29, 0.717) is 10.1 Å². The number of nitrogens with one attached hydrogen (secondary N) is 2. The summed E-state index contributed by atoms with van der Waals surface area (Å²) in [5, 5.41) is 16.1. The van der Waals surface area contributed by atoms with Gasteiger partial charge in [0.2, 0.25) is 10.0 Å². The van der Waals surface area contributed by atoms with Gasteiger partial charge in [-0.1, -0.05) is 18.2 Å². The molecule has 0 bridgehead atoms. The van der Waals surface area contributed by atoms with Crippen LogP contribution in [0.2, 0.25) is 0 Å². The van der Waals surface area contributed by atoms with Crippen molar-refractivity contribution < 1.29 is 37.8 Å². The minimum atomic E-state index is -5.31. The predicted octanol–water partition coefficient (Wildman–Crippen LogP) is 1.36. The summed E-state index contributed by atoms with van der Waals surface area (Å²) in [6.45, 7) is -0.412. The third kappa shape index (κ3) is 5.25. The van der Waals surface area contributed by atoms with Gasteiger partial charge in [-0.05, 0) is 25.0 Å². The predicted molar refractivity (Wildman–Crippen MR) is 97.6 cm³/mol. The van der Waals surface area contributed by atoms with Gasteiger partial charge in [0.15, 0.2) is 0 Å². The quantitative estimate of drug-likeness (QED) is 0.300. The Bertz CT molecular complexity index is 901. The van der Waals surface area contributed by atoms with Crippen LogP contribution in [0, 0.1) is 5.41 Å². The zero-order valence-electron chi connectivity index (χ0n) is 14.9. The molecule has 1 saturated heterocycles. The molecule has 1 fully saturated rings. The summed E-state index contributed by atoms with van der Waals surface area (Å²) in [5.74, 6) is -1.17. The number of ether oxygens (including phenoxy) is 1. The van der Waals surface area contributed by atoms with Crippen molar-refractivity contribution in [1.82, 2.24) is 9.79 Å². The number of rotatable bonds is 6. The zero-order chi connectivity index (χ0) is 21.8. The Kier molecular flexibility index (Phi) is 6.87. The number of carbonyl (C=O) groups excluding carboxylic acids is 1. The molecule has 0 unspecified atom stereocenters. The maximum atomic E-state index is 13.1. The molecule has 0 saturated carbocycles. The van der Waals surface area contributed by atoms with E-state index in [1.54, 1.807) is 30.3 Å². The normalized spacial score (nSPS) is 17.4. The number of allylic oxidation sites excluding steroid dienone is 1. The molecule has 13 heteroatoms. The first-order chi connectivity index (χ1) is 13.5. The molecule has 0 aromatic heterocycles. The molecular formula is C16H21F3N4O5S. The number of nitrogens with zero attached hydrogens (tertiary/aromatic N) is 1. The van der Waals surface area contributed by atoms with Crippen molar-refractivity contribution in [2.75, 3.05) is 13.1 Å². The van der Waals surface area contributed by atoms with Crippen LogP contribution >= 0.6 is 0 Å². The average molecular weight is 438 g/mol. The molecule has 2 rings (SSSR count). The number of carbonyl (C=O) groups is 1. The number of hydrogen-bond acceptors (Lipinski definition) is 7. The lowest BCUT2D eigenvalue weighted by Crippen LogP contribution is -2.46. The van der Waals surface area contributed by atoms with Crippen LogP contribution < -0.4 is 16.0 Å². The van der Waals surface area contributed by atoms with Crippen LogP contribution in [0.5, 0.6) is 5.75 Å². The monoisotopic (exact) mass is 438 g/mol. The Morgan fingerprint density at radius 1 is 1.28 bits per heavy atom. The largest absolute Gasteiger partial charge is 0.490 e. The van der Waals surface area contributed by atoms with Crippen molar-refractivity contribution in [3.05, 3.63) is 40.9 Å². The Morgan fingerprint density at radius 2 is 1.83 bits per heavy atom. The highest BCUT2D eigenvalue weighted by atomic mass is 32.2. The van der Waals surface area contributed by atoms with Crippen molar-refractivity contribution in [1.29, 1.82) is 5.41 Å². The fraction of sp³-hybridized carbons (Fsp3) is 0.375. The summed E-state index contributed by atoms with van der Waals surface area (Å²) in [7, 11) is -4.94. The lowest BCUT2D eigenvalue weighted by Gasteiger charge is -2.32. The summed E-state index contributed by atoms with van der Waals surface area (Å²) < 4.78 is 71.1. The van der Waals surface area contributed by atoms with Gasteiger partial charge in [0, 0.05) is 14.5 Å². The molecule has 29 heavy (non-hydrogen) atoms. The van der Waals surface area contributed by atoms with Gasteiger partial charge in [0.05, 0.1) is 0 Å². The Morgan fingerprint density at radius 3 is 2.31 bits per heavy atom.